The van der Waals surface area contributed by atoms with Crippen LogP contribution in [0.2, 0.25) is 0 Å². The molecule has 18 heavy (non-hydrogen) atoms. The van der Waals surface area contributed by atoms with E-state index in [1.807, 2.05) is 24.4 Å². The zero-order chi connectivity index (χ0) is 12.3. The van der Waals surface area contributed by atoms with E-state index in [-0.39, 0.29) is 26.5 Å². The largest absolute Gasteiger partial charge is 0.320 e. The quantitative estimate of drug-likeness (QED) is 0.626. The Morgan fingerprint density at radius 3 is 2.56 bits per heavy atom. The first-order chi connectivity index (χ1) is 8.07. The van der Waals surface area contributed by atoms with Crippen molar-refractivity contribution in [2.45, 2.75) is 32.6 Å². The number of hydrogen-bond acceptors (Lipinski definition) is 1. The molecule has 1 heterocycles. The number of nitrogens with zero attached hydrogens (tertiary/aromatic N) is 1. The van der Waals surface area contributed by atoms with Gasteiger partial charge in [-0.15, -0.1) is 11.6 Å². The predicted molar refractivity (Wildman–Crippen MR) is 72.5 cm³/mol. The third-order valence-electron chi connectivity index (χ3n) is 2.86. The molecule has 1 aliphatic carbocycles. The molecule has 1 aromatic heterocycles. The van der Waals surface area contributed by atoms with Crippen LogP contribution in [0.15, 0.2) is 42.6 Å². The van der Waals surface area contributed by atoms with Crippen LogP contribution >= 0.6 is 0 Å². The van der Waals surface area contributed by atoms with Crippen molar-refractivity contribution < 1.29 is 21.1 Å². The van der Waals surface area contributed by atoms with Crippen molar-refractivity contribution in [1.82, 2.24) is 4.98 Å². The van der Waals surface area contributed by atoms with E-state index in [9.17, 15) is 0 Å². The molecule has 0 N–H and O–H groups in total. The van der Waals surface area contributed by atoms with Crippen molar-refractivity contribution in [2.24, 2.45) is 0 Å². The van der Waals surface area contributed by atoms with Gasteiger partial charge in [0.1, 0.15) is 0 Å². The Hall–Kier alpha value is -0.942. The van der Waals surface area contributed by atoms with Gasteiger partial charge < -0.3 is 4.98 Å². The van der Waals surface area contributed by atoms with Crippen molar-refractivity contribution >= 4 is 5.57 Å². The monoisotopic (exact) mass is 419 g/mol. The molecule has 0 spiro atoms. The van der Waals surface area contributed by atoms with Crippen molar-refractivity contribution in [3.8, 4) is 0 Å². The fourth-order valence-corrected chi connectivity index (χ4v) is 1.72. The van der Waals surface area contributed by atoms with E-state index >= 15 is 0 Å². The van der Waals surface area contributed by atoms with Crippen molar-refractivity contribution in [1.29, 1.82) is 0 Å². The Labute approximate surface area is 124 Å². The Morgan fingerprint density at radius 1 is 1.17 bits per heavy atom. The second-order valence-corrected chi connectivity index (χ2v) is 5.30. The third kappa shape index (κ3) is 3.78. The Bertz CT molecular complexity index is 473. The van der Waals surface area contributed by atoms with E-state index < -0.39 is 0 Å². The molecule has 0 amide bonds. The molecule has 0 aliphatic heterocycles. The van der Waals surface area contributed by atoms with Gasteiger partial charge in [-0.25, -0.2) is 0 Å². The zero-order valence-electron chi connectivity index (χ0n) is 11.0. The molecule has 0 saturated carbocycles. The molecule has 0 bridgehead atoms. The van der Waals surface area contributed by atoms with Crippen LogP contribution in [0.25, 0.3) is 5.57 Å². The maximum Gasteiger partial charge on any atom is 0.0161 e. The van der Waals surface area contributed by atoms with Crippen molar-refractivity contribution in [3.63, 3.8) is 0 Å². The van der Waals surface area contributed by atoms with Gasteiger partial charge in [-0.05, 0) is 23.1 Å². The molecule has 0 fully saturated rings. The average Bonchev–Trinajstić information content (AvgIpc) is 2.56. The van der Waals surface area contributed by atoms with Gasteiger partial charge in [0.25, 0.3) is 0 Å². The van der Waals surface area contributed by atoms with Gasteiger partial charge in [-0.1, -0.05) is 39.0 Å². The first kappa shape index (κ1) is 15.1. The summed E-state index contributed by atoms with van der Waals surface area (Å²) in [4.78, 5) is 4.54. The van der Waals surface area contributed by atoms with E-state index in [0.29, 0.717) is 0 Å². The summed E-state index contributed by atoms with van der Waals surface area (Å²) < 4.78 is 0. The van der Waals surface area contributed by atoms with Crippen LogP contribution in [-0.2, 0) is 26.5 Å². The molecule has 0 saturated heterocycles. The minimum absolute atomic E-state index is 0. The summed E-state index contributed by atoms with van der Waals surface area (Å²) in [5.41, 5.74) is 3.60. The summed E-state index contributed by atoms with van der Waals surface area (Å²) in [5.74, 6) is 0. The van der Waals surface area contributed by atoms with E-state index in [4.69, 9.17) is 0 Å². The normalized spacial score (nSPS) is 14.7. The third-order valence-corrected chi connectivity index (χ3v) is 2.86. The minimum atomic E-state index is 0. The molecule has 1 nitrogen and oxygen atoms in total. The SMILES string of the molecule is CC(C)(C)c1ccc(C2=[C-]C=CC=CC2)nc1.[Pt]. The van der Waals surface area contributed by atoms with Crippen LogP contribution in [0.4, 0.5) is 0 Å². The maximum atomic E-state index is 4.54. The second-order valence-electron chi connectivity index (χ2n) is 5.30. The summed E-state index contributed by atoms with van der Waals surface area (Å²) in [6.45, 7) is 6.60. The molecule has 0 unspecified atom stereocenters. The fourth-order valence-electron chi connectivity index (χ4n) is 1.72. The Balaban J connectivity index is 0.00000162. The van der Waals surface area contributed by atoms with E-state index in [2.05, 4.69) is 50.0 Å². The van der Waals surface area contributed by atoms with Crippen molar-refractivity contribution in [3.05, 3.63) is 60.0 Å². The predicted octanol–water partition coefficient (Wildman–Crippen LogP) is 4.08. The van der Waals surface area contributed by atoms with Crippen LogP contribution < -0.4 is 0 Å². The summed E-state index contributed by atoms with van der Waals surface area (Å²) in [5, 5.41) is 0. The molecule has 2 rings (SSSR count). The van der Waals surface area contributed by atoms with Gasteiger partial charge in [0.2, 0.25) is 0 Å². The van der Waals surface area contributed by atoms with E-state index in [1.165, 1.54) is 5.56 Å². The minimum Gasteiger partial charge on any atom is -0.320 e. The number of aromatic nitrogens is 1. The molecular weight excluding hydrogens is 401 g/mol. The van der Waals surface area contributed by atoms with E-state index in [0.717, 1.165) is 17.7 Å². The molecule has 0 radical (unpaired) electrons. The van der Waals surface area contributed by atoms with Gasteiger partial charge in [0.15, 0.2) is 0 Å². The molecule has 1 aliphatic rings. The van der Waals surface area contributed by atoms with Gasteiger partial charge in [0.05, 0.1) is 0 Å². The smallest absolute Gasteiger partial charge is 0.0161 e. The summed E-state index contributed by atoms with van der Waals surface area (Å²) >= 11 is 0. The maximum absolute atomic E-state index is 4.54. The van der Waals surface area contributed by atoms with Gasteiger partial charge in [-0.2, -0.15) is 18.2 Å². The van der Waals surface area contributed by atoms with Crippen LogP contribution in [0.5, 0.6) is 0 Å². The molecule has 0 atom stereocenters. The average molecular weight is 419 g/mol. The summed E-state index contributed by atoms with van der Waals surface area (Å²) in [7, 11) is 0. The van der Waals surface area contributed by atoms with Gasteiger partial charge in [-0.3, -0.25) is 0 Å². The molecule has 1 aromatic rings. The number of allylic oxidation sites excluding steroid dienone is 6. The fraction of sp³-hybridized carbons (Fsp3) is 0.312. The molecule has 0 aromatic carbocycles. The second kappa shape index (κ2) is 6.29. The standard InChI is InChI=1S/C16H18N.Pt/c1-16(2,3)14-10-11-15(17-12-14)13-8-6-4-5-7-9-13;/h4-7,10-12H,8H2,1-3H3;/q-1;. The van der Waals surface area contributed by atoms with E-state index in [1.54, 1.807) is 0 Å². The Morgan fingerprint density at radius 2 is 1.94 bits per heavy atom. The van der Waals surface area contributed by atoms with Crippen LogP contribution in [0.1, 0.15) is 38.4 Å². The molecule has 98 valence electrons. The summed E-state index contributed by atoms with van der Waals surface area (Å²) in [6, 6.07) is 4.26. The first-order valence-electron chi connectivity index (χ1n) is 5.98. The van der Waals surface area contributed by atoms with Crippen LogP contribution in [-0.4, -0.2) is 4.98 Å². The molecular formula is C16H18NPt-. The molecule has 2 heteroatoms. The van der Waals surface area contributed by atoms with Gasteiger partial charge in [0, 0.05) is 27.3 Å². The summed E-state index contributed by atoms with van der Waals surface area (Å²) in [6.07, 6.45) is 14.3. The number of pyridine rings is 1. The first-order valence-corrected chi connectivity index (χ1v) is 5.98. The van der Waals surface area contributed by atoms with Crippen LogP contribution in [0.3, 0.4) is 0 Å². The zero-order valence-corrected chi connectivity index (χ0v) is 13.3. The Kier molecular flexibility index (Phi) is 5.28. The van der Waals surface area contributed by atoms with Crippen molar-refractivity contribution in [2.75, 3.05) is 0 Å². The topological polar surface area (TPSA) is 12.9 Å². The van der Waals surface area contributed by atoms with Crippen LogP contribution in [0, 0.1) is 6.08 Å². The number of hydrogen-bond donors (Lipinski definition) is 0. The van der Waals surface area contributed by atoms with Gasteiger partial charge >= 0.3 is 0 Å². The number of rotatable bonds is 1.